The Balaban J connectivity index is 2.11. The van der Waals surface area contributed by atoms with Crippen LogP contribution in [0.2, 0.25) is 0 Å². The summed E-state index contributed by atoms with van der Waals surface area (Å²) in [5.74, 6) is 0.507. The van der Waals surface area contributed by atoms with Crippen molar-refractivity contribution in [2.75, 3.05) is 25.1 Å². The van der Waals surface area contributed by atoms with E-state index in [4.69, 9.17) is 4.74 Å². The molecule has 21 heavy (non-hydrogen) atoms. The summed E-state index contributed by atoms with van der Waals surface area (Å²) >= 11 is 0. The zero-order valence-corrected chi connectivity index (χ0v) is 12.5. The first-order chi connectivity index (χ1) is 9.85. The van der Waals surface area contributed by atoms with Crippen LogP contribution in [0.5, 0.6) is 5.75 Å². The number of nitrogens with zero attached hydrogens (tertiary/aromatic N) is 1. The molecule has 0 unspecified atom stereocenters. The molecule has 116 valence electrons. The summed E-state index contributed by atoms with van der Waals surface area (Å²) < 4.78 is 28.9. The fraction of sp³-hybridized carbons (Fsp3) is 0.538. The highest BCUT2D eigenvalue weighted by Gasteiger charge is 2.29. The largest absolute Gasteiger partial charge is 0.489 e. The number of non-ortho nitro benzene ring substituents is 1. The van der Waals surface area contributed by atoms with Gasteiger partial charge in [0.05, 0.1) is 10.7 Å². The Hall–Kier alpha value is -1.67. The fourth-order valence-corrected chi connectivity index (χ4v) is 3.32. The van der Waals surface area contributed by atoms with Crippen molar-refractivity contribution in [1.29, 1.82) is 0 Å². The number of nitro groups is 1. The topological polar surface area (TPSA) is 98.5 Å². The van der Waals surface area contributed by atoms with E-state index in [-0.39, 0.29) is 17.4 Å². The molecule has 2 rings (SSSR count). The smallest absolute Gasteiger partial charge is 0.269 e. The van der Waals surface area contributed by atoms with Gasteiger partial charge in [0.25, 0.3) is 5.69 Å². The predicted molar refractivity (Wildman–Crippen MR) is 78.2 cm³/mol. The fourth-order valence-electron chi connectivity index (χ4n) is 2.38. The quantitative estimate of drug-likeness (QED) is 0.621. The summed E-state index contributed by atoms with van der Waals surface area (Å²) in [5.41, 5.74) is -0.0236. The molecule has 1 fully saturated rings. The zero-order valence-electron chi connectivity index (χ0n) is 11.7. The maximum absolute atomic E-state index is 11.5. The predicted octanol–water partition coefficient (Wildman–Crippen LogP) is 0.996. The summed E-state index contributed by atoms with van der Waals surface area (Å²) in [6.45, 7) is 1.56. The van der Waals surface area contributed by atoms with Gasteiger partial charge in [0.15, 0.2) is 9.84 Å². The van der Waals surface area contributed by atoms with Crippen LogP contribution in [0.25, 0.3) is 0 Å². The molecular formula is C13H18N2O5S. The maximum atomic E-state index is 11.5. The molecule has 1 aromatic carbocycles. The highest BCUT2D eigenvalue weighted by molar-refractivity contribution is 7.90. The third-order valence-corrected chi connectivity index (χ3v) is 4.36. The van der Waals surface area contributed by atoms with Crippen molar-refractivity contribution >= 4 is 15.5 Å². The lowest BCUT2D eigenvalue weighted by Gasteiger charge is -2.23. The molecule has 1 aliphatic rings. The van der Waals surface area contributed by atoms with Gasteiger partial charge in [-0.1, -0.05) is 0 Å². The van der Waals surface area contributed by atoms with Gasteiger partial charge in [0.1, 0.15) is 11.9 Å². The SMILES string of the molecule is CS(=O)(=O)C[C@@H](Oc1ccc([N+](=O)[O-])cc1)[C@H]1CCNC1. The number of hydrogen-bond donors (Lipinski definition) is 1. The molecule has 0 amide bonds. The Morgan fingerprint density at radius 2 is 2.10 bits per heavy atom. The lowest BCUT2D eigenvalue weighted by atomic mass is 10.0. The van der Waals surface area contributed by atoms with Crippen LogP contribution >= 0.6 is 0 Å². The monoisotopic (exact) mass is 314 g/mol. The molecule has 1 N–H and O–H groups in total. The molecule has 1 aromatic rings. The summed E-state index contributed by atoms with van der Waals surface area (Å²) in [6.07, 6.45) is 1.59. The molecule has 0 bridgehead atoms. The molecule has 7 nitrogen and oxygen atoms in total. The zero-order chi connectivity index (χ0) is 15.5. The first-order valence-electron chi connectivity index (χ1n) is 6.65. The van der Waals surface area contributed by atoms with E-state index in [9.17, 15) is 18.5 Å². The maximum Gasteiger partial charge on any atom is 0.269 e. The molecule has 0 spiro atoms. The van der Waals surface area contributed by atoms with E-state index in [0.29, 0.717) is 12.3 Å². The number of nitrogens with one attached hydrogen (secondary N) is 1. The Morgan fingerprint density at radius 3 is 2.57 bits per heavy atom. The third kappa shape index (κ3) is 4.68. The number of sulfone groups is 1. The second-order valence-corrected chi connectivity index (χ2v) is 7.44. The summed E-state index contributed by atoms with van der Waals surface area (Å²) in [5, 5.41) is 13.8. The minimum atomic E-state index is -3.16. The van der Waals surface area contributed by atoms with E-state index in [1.807, 2.05) is 0 Å². The standard InChI is InChI=1S/C13H18N2O5S/c1-21(18,19)9-13(10-6-7-14-8-10)20-12-4-2-11(3-5-12)15(16)17/h2-5,10,13-14H,6-9H2,1H3/t10-,13+/m0/s1. The van der Waals surface area contributed by atoms with Crippen LogP contribution in [0.4, 0.5) is 5.69 Å². The van der Waals surface area contributed by atoms with Gasteiger partial charge < -0.3 is 10.1 Å². The van der Waals surface area contributed by atoms with Gasteiger partial charge in [0, 0.05) is 30.9 Å². The molecule has 1 heterocycles. The lowest BCUT2D eigenvalue weighted by molar-refractivity contribution is -0.384. The number of ether oxygens (including phenoxy) is 1. The summed E-state index contributed by atoms with van der Waals surface area (Å²) in [7, 11) is -3.16. The molecule has 0 saturated carbocycles. The number of rotatable bonds is 6. The van der Waals surface area contributed by atoms with E-state index < -0.39 is 20.9 Å². The van der Waals surface area contributed by atoms with Gasteiger partial charge in [-0.2, -0.15) is 0 Å². The summed E-state index contributed by atoms with van der Waals surface area (Å²) in [6, 6.07) is 5.69. The van der Waals surface area contributed by atoms with E-state index in [2.05, 4.69) is 5.32 Å². The van der Waals surface area contributed by atoms with Gasteiger partial charge in [-0.3, -0.25) is 10.1 Å². The van der Waals surface area contributed by atoms with Gasteiger partial charge in [-0.15, -0.1) is 0 Å². The molecule has 0 aromatic heterocycles. The molecule has 0 radical (unpaired) electrons. The van der Waals surface area contributed by atoms with Crippen LogP contribution in [0.1, 0.15) is 6.42 Å². The van der Waals surface area contributed by atoms with Crippen LogP contribution < -0.4 is 10.1 Å². The average molecular weight is 314 g/mol. The van der Waals surface area contributed by atoms with Crippen LogP contribution in [-0.4, -0.2) is 44.5 Å². The molecule has 1 aliphatic heterocycles. The van der Waals surface area contributed by atoms with Crippen LogP contribution in [-0.2, 0) is 9.84 Å². The molecule has 2 atom stereocenters. The van der Waals surface area contributed by atoms with Crippen molar-refractivity contribution < 1.29 is 18.1 Å². The second kappa shape index (κ2) is 6.40. The van der Waals surface area contributed by atoms with Crippen LogP contribution in [0.3, 0.4) is 0 Å². The minimum absolute atomic E-state index is 0.0236. The molecule has 8 heteroatoms. The Bertz CT molecular complexity index is 593. The highest BCUT2D eigenvalue weighted by Crippen LogP contribution is 2.23. The molecule has 1 saturated heterocycles. The van der Waals surface area contributed by atoms with E-state index >= 15 is 0 Å². The van der Waals surface area contributed by atoms with E-state index in [0.717, 1.165) is 13.0 Å². The number of benzene rings is 1. The van der Waals surface area contributed by atoms with Gasteiger partial charge in [0.2, 0.25) is 0 Å². The van der Waals surface area contributed by atoms with Crippen molar-refractivity contribution in [2.45, 2.75) is 12.5 Å². The number of nitro benzene ring substituents is 1. The van der Waals surface area contributed by atoms with Crippen molar-refractivity contribution in [3.63, 3.8) is 0 Å². The number of hydrogen-bond acceptors (Lipinski definition) is 6. The first-order valence-corrected chi connectivity index (χ1v) is 8.71. The van der Waals surface area contributed by atoms with Crippen molar-refractivity contribution in [3.8, 4) is 5.75 Å². The second-order valence-electron chi connectivity index (χ2n) is 5.25. The highest BCUT2D eigenvalue weighted by atomic mass is 32.2. The minimum Gasteiger partial charge on any atom is -0.489 e. The third-order valence-electron chi connectivity index (χ3n) is 3.43. The van der Waals surface area contributed by atoms with Crippen molar-refractivity contribution in [3.05, 3.63) is 34.4 Å². The molecule has 0 aliphatic carbocycles. The van der Waals surface area contributed by atoms with Crippen LogP contribution in [0.15, 0.2) is 24.3 Å². The van der Waals surface area contributed by atoms with Gasteiger partial charge in [-0.05, 0) is 25.1 Å². The van der Waals surface area contributed by atoms with Gasteiger partial charge >= 0.3 is 0 Å². The van der Waals surface area contributed by atoms with E-state index in [1.165, 1.54) is 30.5 Å². The van der Waals surface area contributed by atoms with Crippen molar-refractivity contribution in [2.24, 2.45) is 5.92 Å². The van der Waals surface area contributed by atoms with Crippen LogP contribution in [0, 0.1) is 16.0 Å². The lowest BCUT2D eigenvalue weighted by Crippen LogP contribution is -2.35. The first kappa shape index (κ1) is 15.7. The Labute approximate surface area is 123 Å². The normalized spacial score (nSPS) is 20.1. The Morgan fingerprint density at radius 1 is 1.43 bits per heavy atom. The van der Waals surface area contributed by atoms with Gasteiger partial charge in [-0.25, -0.2) is 8.42 Å². The Kier molecular flexibility index (Phi) is 4.79. The van der Waals surface area contributed by atoms with Crippen molar-refractivity contribution in [1.82, 2.24) is 5.32 Å². The van der Waals surface area contributed by atoms with E-state index in [1.54, 1.807) is 0 Å². The average Bonchev–Trinajstić information content (AvgIpc) is 2.91. The summed E-state index contributed by atoms with van der Waals surface area (Å²) in [4.78, 5) is 10.1. The molecular weight excluding hydrogens is 296 g/mol.